The van der Waals surface area contributed by atoms with Crippen LogP contribution < -0.4 is 14.4 Å². The van der Waals surface area contributed by atoms with Gasteiger partial charge in [-0.15, -0.1) is 0 Å². The van der Waals surface area contributed by atoms with Crippen LogP contribution in [0.15, 0.2) is 77.7 Å². The van der Waals surface area contributed by atoms with Crippen LogP contribution in [0.25, 0.3) is 0 Å². The van der Waals surface area contributed by atoms with E-state index in [1.165, 1.54) is 43.5 Å². The molecule has 0 bridgehead atoms. The molecule has 0 spiro atoms. The molecule has 0 aliphatic heterocycles. The number of carbonyl (C=O) groups is 1. The van der Waals surface area contributed by atoms with Crippen molar-refractivity contribution >= 4 is 45.0 Å². The van der Waals surface area contributed by atoms with Crippen molar-refractivity contribution in [3.05, 3.63) is 89.2 Å². The lowest BCUT2D eigenvalue weighted by Crippen LogP contribution is -2.41. The SMILES string of the molecule is COc1ccc(S(=O)(=O)N(CC(=O)NCCSCc2ccc(Cl)cc2)c2ccc(F)cc2)cc1. The Morgan fingerprint density at radius 1 is 1.03 bits per heavy atom. The number of nitrogens with one attached hydrogen (secondary N) is 1. The maximum absolute atomic E-state index is 13.4. The second-order valence-corrected chi connectivity index (χ2v) is 10.6. The average molecular weight is 523 g/mol. The molecule has 0 saturated heterocycles. The Balaban J connectivity index is 1.64. The van der Waals surface area contributed by atoms with Crippen LogP contribution in [-0.4, -0.2) is 40.3 Å². The third-order valence-electron chi connectivity index (χ3n) is 4.80. The van der Waals surface area contributed by atoms with E-state index in [1.807, 2.05) is 24.3 Å². The van der Waals surface area contributed by atoms with Crippen molar-refractivity contribution < 1.29 is 22.3 Å². The fourth-order valence-electron chi connectivity index (χ4n) is 3.02. The Morgan fingerprint density at radius 3 is 2.29 bits per heavy atom. The topological polar surface area (TPSA) is 75.7 Å². The molecular formula is C24H24ClFN2O4S2. The molecule has 34 heavy (non-hydrogen) atoms. The summed E-state index contributed by atoms with van der Waals surface area (Å²) < 4.78 is 46.1. The number of halogens is 2. The molecule has 0 aliphatic rings. The van der Waals surface area contributed by atoms with Gasteiger partial charge in [-0.3, -0.25) is 9.10 Å². The van der Waals surface area contributed by atoms with Crippen molar-refractivity contribution in [2.45, 2.75) is 10.6 Å². The smallest absolute Gasteiger partial charge is 0.264 e. The lowest BCUT2D eigenvalue weighted by atomic mass is 10.2. The molecule has 3 aromatic carbocycles. The number of rotatable bonds is 11. The Hall–Kier alpha value is -2.75. The lowest BCUT2D eigenvalue weighted by molar-refractivity contribution is -0.119. The highest BCUT2D eigenvalue weighted by atomic mass is 35.5. The Bertz CT molecular complexity index is 1190. The van der Waals surface area contributed by atoms with Gasteiger partial charge in [-0.25, -0.2) is 12.8 Å². The number of nitrogens with zero attached hydrogens (tertiary/aromatic N) is 1. The van der Waals surface area contributed by atoms with Gasteiger partial charge in [-0.2, -0.15) is 11.8 Å². The van der Waals surface area contributed by atoms with E-state index in [0.717, 1.165) is 27.8 Å². The first-order valence-electron chi connectivity index (χ1n) is 10.3. The van der Waals surface area contributed by atoms with Crippen LogP contribution in [0.5, 0.6) is 5.75 Å². The number of sulfonamides is 1. The van der Waals surface area contributed by atoms with E-state index in [1.54, 1.807) is 11.8 Å². The first-order valence-corrected chi connectivity index (χ1v) is 13.3. The quantitative estimate of drug-likeness (QED) is 0.368. The summed E-state index contributed by atoms with van der Waals surface area (Å²) in [5.41, 5.74) is 1.30. The maximum Gasteiger partial charge on any atom is 0.264 e. The molecule has 1 amide bonds. The van der Waals surface area contributed by atoms with Gasteiger partial charge in [0.15, 0.2) is 0 Å². The van der Waals surface area contributed by atoms with E-state index in [4.69, 9.17) is 16.3 Å². The van der Waals surface area contributed by atoms with E-state index in [9.17, 15) is 17.6 Å². The third-order valence-corrected chi connectivity index (χ3v) is 7.87. The van der Waals surface area contributed by atoms with Gasteiger partial charge in [-0.1, -0.05) is 23.7 Å². The number of ether oxygens (including phenoxy) is 1. The van der Waals surface area contributed by atoms with E-state index in [2.05, 4.69) is 5.32 Å². The van der Waals surface area contributed by atoms with Crippen molar-refractivity contribution in [3.8, 4) is 5.75 Å². The molecule has 0 unspecified atom stereocenters. The summed E-state index contributed by atoms with van der Waals surface area (Å²) in [6, 6.07) is 18.3. The van der Waals surface area contributed by atoms with Crippen molar-refractivity contribution in [2.75, 3.05) is 30.3 Å². The Kier molecular flexibility index (Phi) is 9.20. The molecule has 0 radical (unpaired) electrons. The fraction of sp³-hybridized carbons (Fsp3) is 0.208. The van der Waals surface area contributed by atoms with Crippen molar-refractivity contribution in [2.24, 2.45) is 0 Å². The Labute approximate surface area is 208 Å². The molecular weight excluding hydrogens is 499 g/mol. The standard InChI is InChI=1S/C24H24ClFN2O4S2/c1-32-22-10-12-23(13-11-22)34(30,31)28(21-8-6-20(26)7-9-21)16-24(29)27-14-15-33-17-18-2-4-19(25)5-3-18/h2-13H,14-17H2,1H3,(H,27,29). The molecule has 0 fully saturated rings. The zero-order valence-electron chi connectivity index (χ0n) is 18.4. The largest absolute Gasteiger partial charge is 0.497 e. The van der Waals surface area contributed by atoms with Crippen LogP contribution in [0.3, 0.4) is 0 Å². The molecule has 0 saturated carbocycles. The number of thioether (sulfide) groups is 1. The molecule has 1 N–H and O–H groups in total. The second kappa shape index (κ2) is 12.1. The van der Waals surface area contributed by atoms with Gasteiger partial charge in [0.1, 0.15) is 18.1 Å². The van der Waals surface area contributed by atoms with Gasteiger partial charge in [0, 0.05) is 23.1 Å². The van der Waals surface area contributed by atoms with Crippen LogP contribution in [0.4, 0.5) is 10.1 Å². The van der Waals surface area contributed by atoms with E-state index in [-0.39, 0.29) is 10.6 Å². The van der Waals surface area contributed by atoms with Gasteiger partial charge in [0.2, 0.25) is 5.91 Å². The second-order valence-electron chi connectivity index (χ2n) is 7.19. The van der Waals surface area contributed by atoms with Gasteiger partial charge in [0.25, 0.3) is 10.0 Å². The molecule has 10 heteroatoms. The number of benzene rings is 3. The van der Waals surface area contributed by atoms with Gasteiger partial charge < -0.3 is 10.1 Å². The number of methoxy groups -OCH3 is 1. The summed E-state index contributed by atoms with van der Waals surface area (Å²) >= 11 is 7.52. The lowest BCUT2D eigenvalue weighted by Gasteiger charge is -2.24. The normalized spacial score (nSPS) is 11.1. The highest BCUT2D eigenvalue weighted by Crippen LogP contribution is 2.25. The van der Waals surface area contributed by atoms with Crippen LogP contribution in [0.1, 0.15) is 5.56 Å². The molecule has 180 valence electrons. The van der Waals surface area contributed by atoms with Gasteiger partial charge in [0.05, 0.1) is 17.7 Å². The van der Waals surface area contributed by atoms with Crippen LogP contribution in [-0.2, 0) is 20.6 Å². The number of hydrogen-bond donors (Lipinski definition) is 1. The molecule has 0 atom stereocenters. The molecule has 3 aromatic rings. The highest BCUT2D eigenvalue weighted by Gasteiger charge is 2.27. The zero-order valence-corrected chi connectivity index (χ0v) is 20.8. The Morgan fingerprint density at radius 2 is 1.68 bits per heavy atom. The van der Waals surface area contributed by atoms with E-state index < -0.39 is 28.3 Å². The van der Waals surface area contributed by atoms with Gasteiger partial charge in [-0.05, 0) is 66.2 Å². The maximum atomic E-state index is 13.4. The monoisotopic (exact) mass is 522 g/mol. The van der Waals surface area contributed by atoms with Gasteiger partial charge >= 0.3 is 0 Å². The third kappa shape index (κ3) is 7.12. The fourth-order valence-corrected chi connectivity index (χ4v) is 5.38. The van der Waals surface area contributed by atoms with Crippen molar-refractivity contribution in [1.29, 1.82) is 0 Å². The zero-order chi connectivity index (χ0) is 24.6. The van der Waals surface area contributed by atoms with Crippen molar-refractivity contribution in [3.63, 3.8) is 0 Å². The molecule has 6 nitrogen and oxygen atoms in total. The first kappa shape index (κ1) is 25.9. The minimum absolute atomic E-state index is 0.0102. The number of carbonyl (C=O) groups excluding carboxylic acids is 1. The number of anilines is 1. The van der Waals surface area contributed by atoms with Crippen LogP contribution in [0.2, 0.25) is 5.02 Å². The molecule has 3 rings (SSSR count). The minimum Gasteiger partial charge on any atom is -0.497 e. The summed E-state index contributed by atoms with van der Waals surface area (Å²) in [4.78, 5) is 12.6. The van der Waals surface area contributed by atoms with E-state index in [0.29, 0.717) is 23.1 Å². The first-order chi connectivity index (χ1) is 16.3. The summed E-state index contributed by atoms with van der Waals surface area (Å²) in [6.07, 6.45) is 0. The van der Waals surface area contributed by atoms with Crippen molar-refractivity contribution in [1.82, 2.24) is 5.32 Å². The van der Waals surface area contributed by atoms with Crippen LogP contribution >= 0.6 is 23.4 Å². The predicted octanol–water partition coefficient (Wildman–Crippen LogP) is 4.73. The molecule has 0 aliphatic carbocycles. The van der Waals surface area contributed by atoms with Crippen LogP contribution in [0, 0.1) is 5.82 Å². The summed E-state index contributed by atoms with van der Waals surface area (Å²) in [7, 11) is -2.60. The number of hydrogen-bond acceptors (Lipinski definition) is 5. The van der Waals surface area contributed by atoms with E-state index >= 15 is 0 Å². The minimum atomic E-state index is -4.08. The predicted molar refractivity (Wildman–Crippen MR) is 135 cm³/mol. The average Bonchev–Trinajstić information content (AvgIpc) is 2.84. The summed E-state index contributed by atoms with van der Waals surface area (Å²) in [6.45, 7) is -0.0707. The summed E-state index contributed by atoms with van der Waals surface area (Å²) in [5.74, 6) is 0.943. The highest BCUT2D eigenvalue weighted by molar-refractivity contribution is 7.98. The molecule has 0 aromatic heterocycles. The summed E-state index contributed by atoms with van der Waals surface area (Å²) in [5, 5.41) is 3.43. The molecule has 0 heterocycles. The number of amides is 1.